The highest BCUT2D eigenvalue weighted by Gasteiger charge is 2.59. The maximum atomic E-state index is 14.0. The molecule has 2 aliphatic carbocycles. The number of aromatic nitrogens is 1. The number of nitrogens with zero attached hydrogens (tertiary/aromatic N) is 1. The van der Waals surface area contributed by atoms with Crippen LogP contribution in [0.2, 0.25) is 0 Å². The number of hydrogen-bond acceptors (Lipinski definition) is 3. The Morgan fingerprint density at radius 1 is 1.16 bits per heavy atom. The van der Waals surface area contributed by atoms with Gasteiger partial charge in [0.15, 0.2) is 0 Å². The van der Waals surface area contributed by atoms with E-state index in [9.17, 15) is 13.2 Å². The van der Waals surface area contributed by atoms with Gasteiger partial charge in [0.05, 0.1) is 11.2 Å². The molecule has 7 heteroatoms. The summed E-state index contributed by atoms with van der Waals surface area (Å²) in [7, 11) is 0. The SMILES string of the molecule is Fc1cccc(-c2ccc(C=C[C@H]3[C@@H]4CCC(F)(F)C[C@H]4CC34COC(=S)N4)nc2)c1. The van der Waals surface area contributed by atoms with E-state index < -0.39 is 11.5 Å². The van der Waals surface area contributed by atoms with Gasteiger partial charge in [0.25, 0.3) is 5.17 Å². The molecule has 3 aliphatic rings. The Balaban J connectivity index is 1.39. The van der Waals surface area contributed by atoms with Crippen LogP contribution in [-0.2, 0) is 4.74 Å². The number of benzene rings is 1. The summed E-state index contributed by atoms with van der Waals surface area (Å²) in [5.41, 5.74) is 1.94. The van der Waals surface area contributed by atoms with E-state index in [2.05, 4.69) is 16.4 Å². The summed E-state index contributed by atoms with van der Waals surface area (Å²) < 4.78 is 47.1. The van der Waals surface area contributed by atoms with E-state index in [1.807, 2.05) is 24.3 Å². The van der Waals surface area contributed by atoms with Gasteiger partial charge in [-0.15, -0.1) is 0 Å². The lowest BCUT2D eigenvalue weighted by atomic mass is 9.75. The second kappa shape index (κ2) is 7.62. The highest BCUT2D eigenvalue weighted by Crippen LogP contribution is 2.55. The number of nitrogens with one attached hydrogen (secondary N) is 1. The van der Waals surface area contributed by atoms with Crippen LogP contribution in [0, 0.1) is 23.6 Å². The van der Waals surface area contributed by atoms with Gasteiger partial charge in [-0.1, -0.05) is 24.3 Å². The molecule has 31 heavy (non-hydrogen) atoms. The van der Waals surface area contributed by atoms with Crippen molar-refractivity contribution < 1.29 is 17.9 Å². The number of rotatable bonds is 3. The highest BCUT2D eigenvalue weighted by molar-refractivity contribution is 7.80. The summed E-state index contributed by atoms with van der Waals surface area (Å²) in [6.45, 7) is 0.408. The third-order valence-corrected chi connectivity index (χ3v) is 7.19. The average Bonchev–Trinajstić information content (AvgIpc) is 3.24. The van der Waals surface area contributed by atoms with Crippen molar-refractivity contribution in [3.05, 3.63) is 60.2 Å². The van der Waals surface area contributed by atoms with Gasteiger partial charge in [0.2, 0.25) is 5.92 Å². The van der Waals surface area contributed by atoms with Crippen LogP contribution in [0.4, 0.5) is 13.2 Å². The molecule has 0 bridgehead atoms. The first-order chi connectivity index (χ1) is 14.8. The molecular weight excluding hydrogens is 421 g/mol. The van der Waals surface area contributed by atoms with Crippen molar-refractivity contribution in [2.75, 3.05) is 6.61 Å². The van der Waals surface area contributed by atoms with Crippen LogP contribution in [0.5, 0.6) is 0 Å². The fourth-order valence-electron chi connectivity index (χ4n) is 5.59. The summed E-state index contributed by atoms with van der Waals surface area (Å²) >= 11 is 5.19. The van der Waals surface area contributed by atoms with E-state index in [0.29, 0.717) is 24.6 Å². The lowest BCUT2D eigenvalue weighted by molar-refractivity contribution is -0.0659. The molecule has 3 fully saturated rings. The van der Waals surface area contributed by atoms with Crippen LogP contribution in [-0.4, -0.2) is 28.2 Å². The zero-order valence-corrected chi connectivity index (χ0v) is 17.7. The van der Waals surface area contributed by atoms with E-state index in [0.717, 1.165) is 16.8 Å². The maximum Gasteiger partial charge on any atom is 0.257 e. The van der Waals surface area contributed by atoms with Crippen LogP contribution in [0.3, 0.4) is 0 Å². The van der Waals surface area contributed by atoms with Crippen LogP contribution in [0.25, 0.3) is 17.2 Å². The number of hydrogen-bond donors (Lipinski definition) is 1. The second-order valence-electron chi connectivity index (χ2n) is 8.95. The molecule has 1 N–H and O–H groups in total. The molecule has 3 nitrogen and oxygen atoms in total. The maximum absolute atomic E-state index is 14.0. The molecule has 4 atom stereocenters. The molecule has 162 valence electrons. The molecule has 5 rings (SSSR count). The van der Waals surface area contributed by atoms with Crippen molar-refractivity contribution in [3.63, 3.8) is 0 Å². The first-order valence-electron chi connectivity index (χ1n) is 10.6. The lowest BCUT2D eigenvalue weighted by Gasteiger charge is -2.34. The summed E-state index contributed by atoms with van der Waals surface area (Å²) in [6, 6.07) is 10.2. The molecule has 1 aliphatic heterocycles. The zero-order chi connectivity index (χ0) is 21.6. The number of ether oxygens (including phenoxy) is 1. The van der Waals surface area contributed by atoms with Gasteiger partial charge in [-0.25, -0.2) is 13.2 Å². The van der Waals surface area contributed by atoms with Gasteiger partial charge in [0.1, 0.15) is 12.4 Å². The van der Waals surface area contributed by atoms with E-state index in [4.69, 9.17) is 17.0 Å². The molecule has 0 amide bonds. The molecule has 2 aromatic rings. The lowest BCUT2D eigenvalue weighted by Crippen LogP contribution is -2.47. The molecule has 1 spiro atoms. The molecule has 2 heterocycles. The molecule has 1 unspecified atom stereocenters. The third-order valence-electron chi connectivity index (χ3n) is 6.97. The fourth-order valence-corrected chi connectivity index (χ4v) is 5.85. The summed E-state index contributed by atoms with van der Waals surface area (Å²) in [6.07, 6.45) is 6.74. The van der Waals surface area contributed by atoms with Crippen molar-refractivity contribution in [2.24, 2.45) is 17.8 Å². The Morgan fingerprint density at radius 2 is 2.03 bits per heavy atom. The van der Waals surface area contributed by atoms with Crippen LogP contribution >= 0.6 is 12.2 Å². The van der Waals surface area contributed by atoms with Crippen molar-refractivity contribution >= 4 is 23.5 Å². The topological polar surface area (TPSA) is 34.1 Å². The molecule has 1 saturated heterocycles. The van der Waals surface area contributed by atoms with Gasteiger partial charge in [-0.3, -0.25) is 4.98 Å². The standard InChI is InChI=1S/C24H23F3N2OS/c25-18-3-1-2-15(10-18)16-4-5-19(28-13-16)6-7-21-20-8-9-24(26,27)12-17(20)11-23(21)14-30-22(31)29-23/h1-7,10,13,17,20-21H,8-9,11-12,14H2,(H,29,31)/t17-,20-,21+,23?/m1/s1. The van der Waals surface area contributed by atoms with E-state index in [1.54, 1.807) is 12.3 Å². The molecule has 0 radical (unpaired) electrons. The van der Waals surface area contributed by atoms with Crippen molar-refractivity contribution in [3.8, 4) is 11.1 Å². The average molecular weight is 445 g/mol. The second-order valence-corrected chi connectivity index (χ2v) is 9.32. The molecule has 2 saturated carbocycles. The van der Waals surface area contributed by atoms with Crippen LogP contribution < -0.4 is 5.32 Å². The summed E-state index contributed by atoms with van der Waals surface area (Å²) in [5.74, 6) is -2.73. The molecule has 1 aromatic heterocycles. The van der Waals surface area contributed by atoms with Crippen molar-refractivity contribution in [1.82, 2.24) is 10.3 Å². The minimum Gasteiger partial charge on any atom is -0.469 e. The van der Waals surface area contributed by atoms with Gasteiger partial charge in [-0.2, -0.15) is 0 Å². The van der Waals surface area contributed by atoms with Crippen LogP contribution in [0.1, 0.15) is 31.4 Å². The van der Waals surface area contributed by atoms with E-state index in [1.165, 1.54) is 12.1 Å². The number of pyridine rings is 1. The minimum atomic E-state index is -2.59. The van der Waals surface area contributed by atoms with Gasteiger partial charge >= 0.3 is 0 Å². The van der Waals surface area contributed by atoms with Gasteiger partial charge in [-0.05, 0) is 66.7 Å². The third kappa shape index (κ3) is 3.95. The van der Waals surface area contributed by atoms with Crippen molar-refractivity contribution in [1.29, 1.82) is 0 Å². The zero-order valence-electron chi connectivity index (χ0n) is 16.9. The molecule has 1 aromatic carbocycles. The van der Waals surface area contributed by atoms with Gasteiger partial charge < -0.3 is 10.1 Å². The first kappa shape index (κ1) is 20.5. The predicted molar refractivity (Wildman–Crippen MR) is 117 cm³/mol. The Bertz CT molecular complexity index is 1030. The normalized spacial score (nSPS) is 31.6. The summed E-state index contributed by atoms with van der Waals surface area (Å²) in [5, 5.41) is 3.64. The van der Waals surface area contributed by atoms with E-state index >= 15 is 0 Å². The monoisotopic (exact) mass is 444 g/mol. The summed E-state index contributed by atoms with van der Waals surface area (Å²) in [4.78, 5) is 4.50. The Kier molecular flexibility index (Phi) is 5.04. The number of thiocarbonyl (C=S) groups is 1. The van der Waals surface area contributed by atoms with E-state index in [-0.39, 0.29) is 36.4 Å². The van der Waals surface area contributed by atoms with Crippen molar-refractivity contribution in [2.45, 2.75) is 37.1 Å². The number of halogens is 3. The number of fused-ring (bicyclic) bond motifs is 1. The van der Waals surface area contributed by atoms with Crippen LogP contribution in [0.15, 0.2) is 48.7 Å². The Hall–Kier alpha value is -2.41. The Morgan fingerprint density at radius 3 is 2.74 bits per heavy atom. The first-order valence-corrected chi connectivity index (χ1v) is 11.0. The Labute approximate surface area is 184 Å². The minimum absolute atomic E-state index is 0.0405. The quantitative estimate of drug-likeness (QED) is 0.624. The van der Waals surface area contributed by atoms with Gasteiger partial charge in [0, 0.05) is 30.5 Å². The number of alkyl halides is 2. The smallest absolute Gasteiger partial charge is 0.257 e. The molecular formula is C24H23F3N2OS. The predicted octanol–water partition coefficient (Wildman–Crippen LogP) is 5.62. The highest BCUT2D eigenvalue weighted by atomic mass is 32.1. The fraction of sp³-hybridized carbons (Fsp3) is 0.417. The largest absolute Gasteiger partial charge is 0.469 e.